The number of rotatable bonds is 6. The molecule has 1 amide bonds. The van der Waals surface area contributed by atoms with Gasteiger partial charge in [-0.05, 0) is 43.3 Å². The van der Waals surface area contributed by atoms with E-state index in [9.17, 15) is 9.59 Å². The van der Waals surface area contributed by atoms with E-state index in [0.717, 1.165) is 0 Å². The summed E-state index contributed by atoms with van der Waals surface area (Å²) in [7, 11) is 2.86. The Morgan fingerprint density at radius 2 is 1.58 bits per heavy atom. The first-order chi connectivity index (χ1) is 11.5. The number of carbonyl (C=O) groups excluding carboxylic acids is 2. The molecule has 0 aliphatic rings. The van der Waals surface area contributed by atoms with Crippen molar-refractivity contribution in [1.29, 1.82) is 0 Å². The highest BCUT2D eigenvalue weighted by molar-refractivity contribution is 6.02. The van der Waals surface area contributed by atoms with Crippen molar-refractivity contribution in [3.8, 4) is 11.5 Å². The Kier molecular flexibility index (Phi) is 5.78. The Balaban J connectivity index is 2.05. The smallest absolute Gasteiger partial charge is 0.339 e. The lowest BCUT2D eigenvalue weighted by Gasteiger charge is -2.16. The summed E-state index contributed by atoms with van der Waals surface area (Å²) in [4.78, 5) is 24.0. The average Bonchev–Trinajstić information content (AvgIpc) is 2.62. The van der Waals surface area contributed by atoms with Gasteiger partial charge in [-0.1, -0.05) is 12.1 Å². The SMILES string of the molecule is COC(=O)c1ccccc1NC(=O)C(C)Oc1ccc(OC)cc1. The Bertz CT molecular complexity index is 712. The molecule has 1 unspecified atom stereocenters. The Labute approximate surface area is 140 Å². The zero-order valence-electron chi connectivity index (χ0n) is 13.7. The second-order valence-corrected chi connectivity index (χ2v) is 4.96. The van der Waals surface area contributed by atoms with Crippen LogP contribution in [0.1, 0.15) is 17.3 Å². The zero-order valence-corrected chi connectivity index (χ0v) is 13.7. The first kappa shape index (κ1) is 17.3. The van der Waals surface area contributed by atoms with E-state index < -0.39 is 12.1 Å². The van der Waals surface area contributed by atoms with Gasteiger partial charge in [0.2, 0.25) is 0 Å². The van der Waals surface area contributed by atoms with Gasteiger partial charge in [-0.3, -0.25) is 4.79 Å². The monoisotopic (exact) mass is 329 g/mol. The van der Waals surface area contributed by atoms with Crippen molar-refractivity contribution in [2.24, 2.45) is 0 Å². The van der Waals surface area contributed by atoms with E-state index in [-0.39, 0.29) is 11.5 Å². The maximum Gasteiger partial charge on any atom is 0.339 e. The van der Waals surface area contributed by atoms with E-state index in [1.165, 1.54) is 7.11 Å². The van der Waals surface area contributed by atoms with Crippen molar-refractivity contribution < 1.29 is 23.8 Å². The molecule has 2 aromatic carbocycles. The summed E-state index contributed by atoms with van der Waals surface area (Å²) in [6.07, 6.45) is -0.746. The molecule has 0 spiro atoms. The fraction of sp³-hybridized carbons (Fsp3) is 0.222. The van der Waals surface area contributed by atoms with E-state index in [2.05, 4.69) is 5.32 Å². The maximum atomic E-state index is 12.3. The number of esters is 1. The minimum atomic E-state index is -0.746. The fourth-order valence-corrected chi connectivity index (χ4v) is 2.03. The van der Waals surface area contributed by atoms with E-state index in [1.54, 1.807) is 62.6 Å². The van der Waals surface area contributed by atoms with Crippen molar-refractivity contribution >= 4 is 17.6 Å². The summed E-state index contributed by atoms with van der Waals surface area (Å²) in [5.41, 5.74) is 0.657. The topological polar surface area (TPSA) is 73.9 Å². The number of methoxy groups -OCH3 is 2. The molecule has 2 aromatic rings. The molecule has 0 bridgehead atoms. The summed E-state index contributed by atoms with van der Waals surface area (Å²) in [5, 5.41) is 2.68. The van der Waals surface area contributed by atoms with Crippen molar-refractivity contribution in [2.75, 3.05) is 19.5 Å². The molecule has 0 aliphatic carbocycles. The van der Waals surface area contributed by atoms with Gasteiger partial charge >= 0.3 is 5.97 Å². The third-order valence-electron chi connectivity index (χ3n) is 3.33. The van der Waals surface area contributed by atoms with Crippen LogP contribution < -0.4 is 14.8 Å². The third kappa shape index (κ3) is 4.25. The highest BCUT2D eigenvalue weighted by atomic mass is 16.5. The second-order valence-electron chi connectivity index (χ2n) is 4.96. The normalized spacial score (nSPS) is 11.3. The largest absolute Gasteiger partial charge is 0.497 e. The molecule has 1 atom stereocenters. The minimum Gasteiger partial charge on any atom is -0.497 e. The number of benzene rings is 2. The molecule has 6 heteroatoms. The van der Waals surface area contributed by atoms with Gasteiger partial charge in [-0.15, -0.1) is 0 Å². The Morgan fingerprint density at radius 1 is 0.958 bits per heavy atom. The molecular weight excluding hydrogens is 310 g/mol. The van der Waals surface area contributed by atoms with Crippen LogP contribution in [-0.4, -0.2) is 32.2 Å². The predicted molar refractivity (Wildman–Crippen MR) is 89.5 cm³/mol. The molecule has 6 nitrogen and oxygen atoms in total. The lowest BCUT2D eigenvalue weighted by molar-refractivity contribution is -0.122. The van der Waals surface area contributed by atoms with Crippen LogP contribution in [0.3, 0.4) is 0 Å². The van der Waals surface area contributed by atoms with Gasteiger partial charge in [0.15, 0.2) is 6.10 Å². The number of hydrogen-bond donors (Lipinski definition) is 1. The lowest BCUT2D eigenvalue weighted by atomic mass is 10.1. The number of para-hydroxylation sites is 1. The number of nitrogens with one attached hydrogen (secondary N) is 1. The summed E-state index contributed by atoms with van der Waals surface area (Å²) in [5.74, 6) is 0.350. The Hall–Kier alpha value is -3.02. The first-order valence-corrected chi connectivity index (χ1v) is 7.34. The van der Waals surface area contributed by atoms with Gasteiger partial charge in [0.05, 0.1) is 25.5 Å². The van der Waals surface area contributed by atoms with Gasteiger partial charge < -0.3 is 19.5 Å². The first-order valence-electron chi connectivity index (χ1n) is 7.34. The summed E-state index contributed by atoms with van der Waals surface area (Å²) in [6.45, 7) is 1.63. The highest BCUT2D eigenvalue weighted by Gasteiger charge is 2.18. The molecule has 0 aromatic heterocycles. The van der Waals surface area contributed by atoms with Crippen LogP contribution in [-0.2, 0) is 9.53 Å². The number of anilines is 1. The molecule has 0 saturated carbocycles. The van der Waals surface area contributed by atoms with E-state index in [4.69, 9.17) is 14.2 Å². The number of ether oxygens (including phenoxy) is 3. The van der Waals surface area contributed by atoms with Gasteiger partial charge in [0, 0.05) is 0 Å². The number of carbonyl (C=O) groups is 2. The Morgan fingerprint density at radius 3 is 2.21 bits per heavy atom. The van der Waals surface area contributed by atoms with Crippen molar-refractivity contribution in [3.63, 3.8) is 0 Å². The van der Waals surface area contributed by atoms with Crippen LogP contribution >= 0.6 is 0 Å². The van der Waals surface area contributed by atoms with Crippen LogP contribution in [0.4, 0.5) is 5.69 Å². The van der Waals surface area contributed by atoms with Crippen LogP contribution in [0, 0.1) is 0 Å². The summed E-state index contributed by atoms with van der Waals surface area (Å²) in [6, 6.07) is 13.5. The van der Waals surface area contributed by atoms with E-state index >= 15 is 0 Å². The lowest BCUT2D eigenvalue weighted by Crippen LogP contribution is -2.30. The molecule has 24 heavy (non-hydrogen) atoms. The molecule has 0 saturated heterocycles. The molecule has 1 N–H and O–H groups in total. The van der Waals surface area contributed by atoms with Crippen molar-refractivity contribution in [1.82, 2.24) is 0 Å². The van der Waals surface area contributed by atoms with Gasteiger partial charge in [-0.25, -0.2) is 4.79 Å². The number of amides is 1. The molecule has 2 rings (SSSR count). The third-order valence-corrected chi connectivity index (χ3v) is 3.33. The molecule has 0 aliphatic heterocycles. The number of hydrogen-bond acceptors (Lipinski definition) is 5. The maximum absolute atomic E-state index is 12.3. The predicted octanol–water partition coefficient (Wildman–Crippen LogP) is 2.89. The second kappa shape index (κ2) is 8.01. The van der Waals surface area contributed by atoms with Crippen LogP contribution in [0.2, 0.25) is 0 Å². The van der Waals surface area contributed by atoms with E-state index in [0.29, 0.717) is 17.2 Å². The minimum absolute atomic E-state index is 0.282. The summed E-state index contributed by atoms with van der Waals surface area (Å²) >= 11 is 0. The molecule has 126 valence electrons. The van der Waals surface area contributed by atoms with Gasteiger partial charge in [0.25, 0.3) is 5.91 Å². The molecule has 0 radical (unpaired) electrons. The van der Waals surface area contributed by atoms with Crippen LogP contribution in [0.25, 0.3) is 0 Å². The van der Waals surface area contributed by atoms with Crippen molar-refractivity contribution in [3.05, 3.63) is 54.1 Å². The quantitative estimate of drug-likeness (QED) is 0.825. The molecule has 0 fully saturated rings. The standard InChI is InChI=1S/C18H19NO5/c1-12(24-14-10-8-13(22-2)9-11-14)17(20)19-16-7-5-4-6-15(16)18(21)23-3/h4-12H,1-3H3,(H,19,20). The van der Waals surface area contributed by atoms with Gasteiger partial charge in [0.1, 0.15) is 11.5 Å². The highest BCUT2D eigenvalue weighted by Crippen LogP contribution is 2.20. The fourth-order valence-electron chi connectivity index (χ4n) is 2.03. The van der Waals surface area contributed by atoms with Crippen molar-refractivity contribution in [2.45, 2.75) is 13.0 Å². The molecular formula is C18H19NO5. The van der Waals surface area contributed by atoms with Crippen LogP contribution in [0.15, 0.2) is 48.5 Å². The van der Waals surface area contributed by atoms with Gasteiger partial charge in [-0.2, -0.15) is 0 Å². The summed E-state index contributed by atoms with van der Waals surface area (Å²) < 4.78 is 15.4. The average molecular weight is 329 g/mol. The van der Waals surface area contributed by atoms with E-state index in [1.807, 2.05) is 0 Å². The zero-order chi connectivity index (χ0) is 17.5. The molecule has 0 heterocycles. The van der Waals surface area contributed by atoms with Crippen LogP contribution in [0.5, 0.6) is 11.5 Å².